The summed E-state index contributed by atoms with van der Waals surface area (Å²) >= 11 is 0. The number of hydrogen-bond donors (Lipinski definition) is 1. The third kappa shape index (κ3) is 18.8. The third-order valence-corrected chi connectivity index (χ3v) is 6.68. The highest BCUT2D eigenvalue weighted by Gasteiger charge is 2.28. The average Bonchev–Trinajstić information content (AvgIpc) is 3.26. The Bertz CT molecular complexity index is 503. The summed E-state index contributed by atoms with van der Waals surface area (Å²) in [5, 5.41) is 2.65. The molecule has 1 amide bonds. The molecule has 1 atom stereocenters. The highest BCUT2D eigenvalue weighted by Crippen LogP contribution is 2.13. The molecule has 1 aliphatic heterocycles. The zero-order chi connectivity index (χ0) is 23.8. The molecule has 1 N–H and O–H groups in total. The van der Waals surface area contributed by atoms with E-state index >= 15 is 0 Å². The van der Waals surface area contributed by atoms with Crippen LogP contribution in [0, 0.1) is 0 Å². The van der Waals surface area contributed by atoms with E-state index in [4.69, 9.17) is 4.74 Å². The summed E-state index contributed by atoms with van der Waals surface area (Å²) in [7, 11) is 0. The van der Waals surface area contributed by atoms with Crippen molar-refractivity contribution in [3.8, 4) is 0 Å². The lowest BCUT2D eigenvalue weighted by Gasteiger charge is -2.09. The van der Waals surface area contributed by atoms with Crippen LogP contribution < -0.4 is 5.32 Å². The third-order valence-electron chi connectivity index (χ3n) is 6.68. The van der Waals surface area contributed by atoms with Crippen LogP contribution in [-0.4, -0.2) is 24.5 Å². The van der Waals surface area contributed by atoms with E-state index < -0.39 is 6.04 Å². The number of carbonyl (C=O) groups is 2. The van der Waals surface area contributed by atoms with Gasteiger partial charge in [-0.3, -0.25) is 4.79 Å². The van der Waals surface area contributed by atoms with Crippen molar-refractivity contribution >= 4 is 11.9 Å². The fourth-order valence-electron chi connectivity index (χ4n) is 4.47. The topological polar surface area (TPSA) is 55.4 Å². The summed E-state index contributed by atoms with van der Waals surface area (Å²) in [5.74, 6) is -0.315. The monoisotopic (exact) mass is 463 g/mol. The van der Waals surface area contributed by atoms with Gasteiger partial charge in [-0.1, -0.05) is 115 Å². The molecule has 33 heavy (non-hydrogen) atoms. The fourth-order valence-corrected chi connectivity index (χ4v) is 4.47. The highest BCUT2D eigenvalue weighted by molar-refractivity contribution is 5.87. The number of amides is 1. The van der Waals surface area contributed by atoms with Crippen LogP contribution in [-0.2, 0) is 14.3 Å². The van der Waals surface area contributed by atoms with Crippen molar-refractivity contribution in [1.82, 2.24) is 5.32 Å². The number of rotatable bonds is 23. The summed E-state index contributed by atoms with van der Waals surface area (Å²) in [6.45, 7) is 2.76. The zero-order valence-corrected chi connectivity index (χ0v) is 21.7. The number of nitrogens with one attached hydrogen (secondary N) is 1. The summed E-state index contributed by atoms with van der Waals surface area (Å²) < 4.78 is 5.25. The van der Waals surface area contributed by atoms with Gasteiger partial charge in [0.05, 0.1) is 6.61 Å². The van der Waals surface area contributed by atoms with Crippen LogP contribution >= 0.6 is 0 Å². The average molecular weight is 464 g/mol. The molecule has 1 fully saturated rings. The first-order chi connectivity index (χ1) is 16.2. The summed E-state index contributed by atoms with van der Waals surface area (Å²) in [6.07, 6.45) is 32.4. The Morgan fingerprint density at radius 2 is 1.21 bits per heavy atom. The van der Waals surface area contributed by atoms with E-state index in [1.54, 1.807) is 0 Å². The molecule has 0 aromatic carbocycles. The predicted octanol–water partition coefficient (Wildman–Crippen LogP) is 8.19. The van der Waals surface area contributed by atoms with E-state index in [0.717, 1.165) is 12.8 Å². The summed E-state index contributed by atoms with van der Waals surface area (Å²) in [5.41, 5.74) is 0. The minimum absolute atomic E-state index is 0.0460. The van der Waals surface area contributed by atoms with Crippen molar-refractivity contribution < 1.29 is 14.3 Å². The van der Waals surface area contributed by atoms with E-state index in [1.165, 1.54) is 116 Å². The molecule has 0 spiro atoms. The molecule has 1 rings (SSSR count). The Kier molecular flexibility index (Phi) is 20.2. The highest BCUT2D eigenvalue weighted by atomic mass is 16.5. The van der Waals surface area contributed by atoms with Crippen LogP contribution in [0.3, 0.4) is 0 Å². The van der Waals surface area contributed by atoms with Gasteiger partial charge >= 0.3 is 5.97 Å². The molecule has 0 aromatic rings. The Morgan fingerprint density at radius 1 is 0.758 bits per heavy atom. The minimum Gasteiger partial charge on any atom is -0.464 e. The van der Waals surface area contributed by atoms with Gasteiger partial charge in [0.15, 0.2) is 0 Å². The lowest BCUT2D eigenvalue weighted by molar-refractivity contribution is -0.146. The van der Waals surface area contributed by atoms with E-state index in [-0.39, 0.29) is 11.9 Å². The first-order valence-electron chi connectivity index (χ1n) is 14.3. The molecule has 0 aliphatic carbocycles. The number of allylic oxidation sites excluding steroid dienone is 2. The zero-order valence-electron chi connectivity index (χ0n) is 21.7. The standard InChI is InChI=1S/C29H53NO3/c1-2-3-4-5-6-7-8-9-10-11-12-13-14-15-16-17-18-19-20-21-22-23-26-33-29(32)27-24-25-28(31)30-27/h16-17,27H,2-15,18-26H2,1H3,(H,30,31)/b17-16+/t27-/m0/s1. The quantitative estimate of drug-likeness (QED) is 0.0944. The fraction of sp³-hybridized carbons (Fsp3) is 0.862. The maximum absolute atomic E-state index is 11.8. The molecule has 0 bridgehead atoms. The van der Waals surface area contributed by atoms with Gasteiger partial charge in [0.25, 0.3) is 0 Å². The second-order valence-corrected chi connectivity index (χ2v) is 9.89. The molecule has 0 unspecified atom stereocenters. The van der Waals surface area contributed by atoms with Gasteiger partial charge in [0.1, 0.15) is 6.04 Å². The SMILES string of the molecule is CCCCCCCCCCCCCCC/C=C/CCCCCCCOC(=O)[C@@H]1CCC(=O)N1. The van der Waals surface area contributed by atoms with Gasteiger partial charge < -0.3 is 10.1 Å². The second-order valence-electron chi connectivity index (χ2n) is 9.89. The van der Waals surface area contributed by atoms with Crippen molar-refractivity contribution in [3.05, 3.63) is 12.2 Å². The molecule has 192 valence electrons. The Labute approximate surface area is 204 Å². The van der Waals surface area contributed by atoms with Crippen molar-refractivity contribution in [3.63, 3.8) is 0 Å². The lowest BCUT2D eigenvalue weighted by atomic mass is 10.0. The first-order valence-corrected chi connectivity index (χ1v) is 14.3. The molecular formula is C29H53NO3. The van der Waals surface area contributed by atoms with Gasteiger partial charge in [-0.25, -0.2) is 4.79 Å². The Morgan fingerprint density at radius 3 is 1.67 bits per heavy atom. The molecule has 0 aromatic heterocycles. The van der Waals surface area contributed by atoms with E-state index in [2.05, 4.69) is 24.4 Å². The minimum atomic E-state index is -0.413. The molecule has 4 nitrogen and oxygen atoms in total. The second kappa shape index (κ2) is 22.5. The number of unbranched alkanes of at least 4 members (excludes halogenated alkanes) is 18. The summed E-state index contributed by atoms with van der Waals surface area (Å²) in [6, 6.07) is -0.413. The maximum Gasteiger partial charge on any atom is 0.328 e. The number of hydrogen-bond acceptors (Lipinski definition) is 3. The predicted molar refractivity (Wildman–Crippen MR) is 139 cm³/mol. The van der Waals surface area contributed by atoms with Crippen molar-refractivity contribution in [2.75, 3.05) is 6.61 Å². The van der Waals surface area contributed by atoms with Gasteiger partial charge in [-0.05, 0) is 38.5 Å². The Balaban J connectivity index is 1.71. The number of esters is 1. The van der Waals surface area contributed by atoms with Gasteiger partial charge in [0.2, 0.25) is 5.91 Å². The molecule has 4 heteroatoms. The number of carbonyl (C=O) groups excluding carboxylic acids is 2. The van der Waals surface area contributed by atoms with E-state index in [1.807, 2.05) is 0 Å². The molecular weight excluding hydrogens is 410 g/mol. The normalized spacial score (nSPS) is 15.9. The van der Waals surface area contributed by atoms with Crippen LogP contribution in [0.5, 0.6) is 0 Å². The molecule has 1 aliphatic rings. The van der Waals surface area contributed by atoms with Crippen LogP contribution in [0.1, 0.15) is 148 Å². The maximum atomic E-state index is 11.8. The van der Waals surface area contributed by atoms with Crippen molar-refractivity contribution in [2.24, 2.45) is 0 Å². The largest absolute Gasteiger partial charge is 0.464 e. The lowest BCUT2D eigenvalue weighted by Crippen LogP contribution is -2.34. The van der Waals surface area contributed by atoms with Crippen LogP contribution in [0.4, 0.5) is 0 Å². The van der Waals surface area contributed by atoms with Gasteiger partial charge in [0, 0.05) is 6.42 Å². The molecule has 1 saturated heterocycles. The van der Waals surface area contributed by atoms with Crippen molar-refractivity contribution in [1.29, 1.82) is 0 Å². The Hall–Kier alpha value is -1.32. The number of ether oxygens (including phenoxy) is 1. The molecule has 0 radical (unpaired) electrons. The molecule has 1 heterocycles. The van der Waals surface area contributed by atoms with Crippen molar-refractivity contribution in [2.45, 2.75) is 154 Å². The van der Waals surface area contributed by atoms with E-state index in [9.17, 15) is 9.59 Å². The van der Waals surface area contributed by atoms with Crippen LogP contribution in [0.2, 0.25) is 0 Å². The molecule has 0 saturated carbocycles. The van der Waals surface area contributed by atoms with Crippen LogP contribution in [0.15, 0.2) is 12.2 Å². The van der Waals surface area contributed by atoms with Gasteiger partial charge in [-0.15, -0.1) is 0 Å². The van der Waals surface area contributed by atoms with E-state index in [0.29, 0.717) is 19.4 Å². The summed E-state index contributed by atoms with van der Waals surface area (Å²) in [4.78, 5) is 22.9. The first kappa shape index (κ1) is 29.7. The van der Waals surface area contributed by atoms with Gasteiger partial charge in [-0.2, -0.15) is 0 Å². The smallest absolute Gasteiger partial charge is 0.328 e. The van der Waals surface area contributed by atoms with Crippen LogP contribution in [0.25, 0.3) is 0 Å².